The number of amides is 1. The van der Waals surface area contributed by atoms with E-state index in [2.05, 4.69) is 16.2 Å². The molecule has 29 heavy (non-hydrogen) atoms. The second-order valence-electron chi connectivity index (χ2n) is 7.29. The molecule has 0 saturated carbocycles. The van der Waals surface area contributed by atoms with Crippen LogP contribution in [0.4, 0.5) is 0 Å². The first-order chi connectivity index (χ1) is 14.0. The third-order valence-electron chi connectivity index (χ3n) is 5.12. The number of nitrogens with one attached hydrogen (secondary N) is 1. The predicted octanol–water partition coefficient (Wildman–Crippen LogP) is 2.16. The van der Waals surface area contributed by atoms with Crippen LogP contribution in [0.2, 0.25) is 0 Å². The van der Waals surface area contributed by atoms with E-state index in [0.717, 1.165) is 5.56 Å². The maximum atomic E-state index is 13.0. The molecule has 1 aliphatic heterocycles. The van der Waals surface area contributed by atoms with Crippen LogP contribution in [0.15, 0.2) is 35.3 Å². The van der Waals surface area contributed by atoms with E-state index < -0.39 is 0 Å². The van der Waals surface area contributed by atoms with Gasteiger partial charge in [0.15, 0.2) is 5.65 Å². The van der Waals surface area contributed by atoms with Crippen molar-refractivity contribution in [2.45, 2.75) is 19.8 Å². The summed E-state index contributed by atoms with van der Waals surface area (Å²) in [5.41, 5.74) is 3.00. The SMILES string of the molecule is CC(C)c1c(-c2ccc(C(=O)N3CCOCC3)cc2)[nH]c2c(C#N)cnn2c1=O. The summed E-state index contributed by atoms with van der Waals surface area (Å²) in [6.45, 7) is 6.14. The van der Waals surface area contributed by atoms with E-state index in [4.69, 9.17) is 4.74 Å². The molecule has 0 unspecified atom stereocenters. The fourth-order valence-electron chi connectivity index (χ4n) is 3.60. The lowest BCUT2D eigenvalue weighted by atomic mass is 9.97. The van der Waals surface area contributed by atoms with Crippen molar-refractivity contribution < 1.29 is 9.53 Å². The molecule has 4 rings (SSSR count). The number of fused-ring (bicyclic) bond motifs is 1. The molecular formula is C21H21N5O3. The fourth-order valence-corrected chi connectivity index (χ4v) is 3.60. The Labute approximate surface area is 167 Å². The monoisotopic (exact) mass is 391 g/mol. The van der Waals surface area contributed by atoms with Gasteiger partial charge in [0, 0.05) is 24.2 Å². The number of nitrogens with zero attached hydrogens (tertiary/aromatic N) is 4. The van der Waals surface area contributed by atoms with E-state index >= 15 is 0 Å². The number of hydrogen-bond acceptors (Lipinski definition) is 5. The molecule has 0 spiro atoms. The highest BCUT2D eigenvalue weighted by Gasteiger charge is 2.21. The number of aromatic nitrogens is 3. The smallest absolute Gasteiger partial charge is 0.278 e. The summed E-state index contributed by atoms with van der Waals surface area (Å²) in [5, 5.41) is 13.3. The molecule has 1 aliphatic rings. The van der Waals surface area contributed by atoms with Gasteiger partial charge >= 0.3 is 0 Å². The second-order valence-corrected chi connectivity index (χ2v) is 7.29. The number of benzene rings is 1. The highest BCUT2D eigenvalue weighted by molar-refractivity contribution is 5.94. The number of morpholine rings is 1. The molecule has 3 aromatic rings. The Balaban J connectivity index is 1.78. The predicted molar refractivity (Wildman–Crippen MR) is 107 cm³/mol. The minimum atomic E-state index is -0.251. The average molecular weight is 391 g/mol. The van der Waals surface area contributed by atoms with Crippen LogP contribution < -0.4 is 5.56 Å². The zero-order valence-corrected chi connectivity index (χ0v) is 16.3. The maximum Gasteiger partial charge on any atom is 0.278 e. The molecule has 8 nitrogen and oxygen atoms in total. The van der Waals surface area contributed by atoms with Crippen LogP contribution >= 0.6 is 0 Å². The van der Waals surface area contributed by atoms with Crippen molar-refractivity contribution >= 4 is 11.6 Å². The van der Waals surface area contributed by atoms with E-state index in [-0.39, 0.29) is 17.4 Å². The number of hydrogen-bond donors (Lipinski definition) is 1. The van der Waals surface area contributed by atoms with Gasteiger partial charge < -0.3 is 14.6 Å². The Bertz CT molecular complexity index is 1160. The average Bonchev–Trinajstić information content (AvgIpc) is 3.17. The summed E-state index contributed by atoms with van der Waals surface area (Å²) in [6, 6.07) is 9.23. The Hall–Kier alpha value is -3.44. The van der Waals surface area contributed by atoms with Gasteiger partial charge in [-0.3, -0.25) is 9.59 Å². The van der Waals surface area contributed by atoms with E-state index in [0.29, 0.717) is 54.3 Å². The van der Waals surface area contributed by atoms with Crippen LogP contribution in [-0.2, 0) is 4.74 Å². The standard InChI is InChI=1S/C21H21N5O3/c1-13(2)17-18(24-19-16(11-22)12-23-26(19)21(17)28)14-3-5-15(6-4-14)20(27)25-7-9-29-10-8-25/h3-6,12-13,24H,7-10H2,1-2H3. The number of carbonyl (C=O) groups is 1. The van der Waals surface area contributed by atoms with E-state index in [1.807, 2.05) is 26.0 Å². The van der Waals surface area contributed by atoms with Crippen molar-refractivity contribution in [3.05, 3.63) is 57.5 Å². The number of aromatic amines is 1. The van der Waals surface area contributed by atoms with Gasteiger partial charge in [0.2, 0.25) is 0 Å². The first-order valence-electron chi connectivity index (χ1n) is 9.52. The molecule has 1 amide bonds. The third-order valence-corrected chi connectivity index (χ3v) is 5.12. The van der Waals surface area contributed by atoms with Gasteiger partial charge in [-0.2, -0.15) is 14.9 Å². The quantitative estimate of drug-likeness (QED) is 0.737. The molecule has 0 aliphatic carbocycles. The molecule has 1 saturated heterocycles. The molecule has 8 heteroatoms. The lowest BCUT2D eigenvalue weighted by Gasteiger charge is -2.26. The zero-order chi connectivity index (χ0) is 20.5. The highest BCUT2D eigenvalue weighted by Crippen LogP contribution is 2.26. The second kappa shape index (κ2) is 7.53. The summed E-state index contributed by atoms with van der Waals surface area (Å²) in [7, 11) is 0. The number of ether oxygens (including phenoxy) is 1. The fraction of sp³-hybridized carbons (Fsp3) is 0.333. The molecule has 0 atom stereocenters. The van der Waals surface area contributed by atoms with Gasteiger partial charge in [0.05, 0.1) is 25.1 Å². The zero-order valence-electron chi connectivity index (χ0n) is 16.3. The van der Waals surface area contributed by atoms with E-state index in [1.54, 1.807) is 17.0 Å². The lowest BCUT2D eigenvalue weighted by Crippen LogP contribution is -2.40. The van der Waals surface area contributed by atoms with Gasteiger partial charge in [-0.15, -0.1) is 0 Å². The van der Waals surface area contributed by atoms with Crippen LogP contribution in [0.5, 0.6) is 0 Å². The van der Waals surface area contributed by atoms with Crippen molar-refractivity contribution in [1.82, 2.24) is 19.5 Å². The number of rotatable bonds is 3. The summed E-state index contributed by atoms with van der Waals surface area (Å²) >= 11 is 0. The van der Waals surface area contributed by atoms with Crippen molar-refractivity contribution in [2.24, 2.45) is 0 Å². The molecular weight excluding hydrogens is 370 g/mol. The summed E-state index contributed by atoms with van der Waals surface area (Å²) in [5.74, 6) is -0.0852. The van der Waals surface area contributed by atoms with Crippen molar-refractivity contribution in [3.63, 3.8) is 0 Å². The molecule has 2 aromatic heterocycles. The normalized spacial score (nSPS) is 14.3. The number of nitriles is 1. The van der Waals surface area contributed by atoms with E-state index in [1.165, 1.54) is 10.7 Å². The Morgan fingerprint density at radius 2 is 1.93 bits per heavy atom. The lowest BCUT2D eigenvalue weighted by molar-refractivity contribution is 0.0303. The van der Waals surface area contributed by atoms with Gasteiger partial charge in [0.25, 0.3) is 11.5 Å². The first kappa shape index (κ1) is 18.9. The molecule has 1 fully saturated rings. The van der Waals surface area contributed by atoms with E-state index in [9.17, 15) is 14.9 Å². The van der Waals surface area contributed by atoms with Crippen LogP contribution in [0.3, 0.4) is 0 Å². The number of carbonyl (C=O) groups excluding carboxylic acids is 1. The molecule has 1 aromatic carbocycles. The molecule has 0 radical (unpaired) electrons. The molecule has 3 heterocycles. The molecule has 1 N–H and O–H groups in total. The van der Waals surface area contributed by atoms with Crippen LogP contribution in [0, 0.1) is 11.3 Å². The molecule has 148 valence electrons. The minimum absolute atomic E-state index is 0.0320. The highest BCUT2D eigenvalue weighted by atomic mass is 16.5. The van der Waals surface area contributed by atoms with Gasteiger partial charge in [-0.05, 0) is 23.6 Å². The largest absolute Gasteiger partial charge is 0.378 e. The third kappa shape index (κ3) is 3.30. The Morgan fingerprint density at radius 1 is 1.24 bits per heavy atom. The maximum absolute atomic E-state index is 13.0. The van der Waals surface area contributed by atoms with Gasteiger partial charge in [0.1, 0.15) is 11.6 Å². The van der Waals surface area contributed by atoms with Crippen molar-refractivity contribution in [2.75, 3.05) is 26.3 Å². The summed E-state index contributed by atoms with van der Waals surface area (Å²) in [6.07, 6.45) is 1.38. The number of H-pyrrole nitrogens is 1. The van der Waals surface area contributed by atoms with Crippen LogP contribution in [0.25, 0.3) is 16.9 Å². The Morgan fingerprint density at radius 3 is 2.55 bits per heavy atom. The summed E-state index contributed by atoms with van der Waals surface area (Å²) < 4.78 is 6.53. The topological polar surface area (TPSA) is 103 Å². The van der Waals surface area contributed by atoms with Gasteiger partial charge in [-0.25, -0.2) is 0 Å². The Kier molecular flexibility index (Phi) is 4.91. The van der Waals surface area contributed by atoms with Crippen LogP contribution in [0.1, 0.15) is 41.3 Å². The van der Waals surface area contributed by atoms with Crippen molar-refractivity contribution in [3.8, 4) is 17.3 Å². The summed E-state index contributed by atoms with van der Waals surface area (Å²) in [4.78, 5) is 30.6. The molecule has 0 bridgehead atoms. The van der Waals surface area contributed by atoms with Crippen molar-refractivity contribution in [1.29, 1.82) is 5.26 Å². The minimum Gasteiger partial charge on any atom is -0.378 e. The van der Waals surface area contributed by atoms with Crippen LogP contribution in [-0.4, -0.2) is 51.7 Å². The van der Waals surface area contributed by atoms with Gasteiger partial charge in [-0.1, -0.05) is 26.0 Å². The first-order valence-corrected chi connectivity index (χ1v) is 9.52.